The minimum Gasteiger partial charge on any atom is -0.464 e. The van der Waals surface area contributed by atoms with Crippen LogP contribution < -0.4 is 10.1 Å². The van der Waals surface area contributed by atoms with E-state index >= 15 is 0 Å². The Bertz CT molecular complexity index is 351. The fourth-order valence-electron chi connectivity index (χ4n) is 1.21. The molecule has 96 valence electrons. The molecule has 0 aromatic carbocycles. The number of anilines is 1. The molecule has 1 rings (SSSR count). The molecule has 1 heterocycles. The Kier molecular flexibility index (Phi) is 5.93. The Hall–Kier alpha value is -1.14. The van der Waals surface area contributed by atoms with Crippen LogP contribution >= 0.6 is 11.6 Å². The predicted molar refractivity (Wildman–Crippen MR) is 65.5 cm³/mol. The number of ether oxygens (including phenoxy) is 2. The van der Waals surface area contributed by atoms with Gasteiger partial charge in [0.15, 0.2) is 0 Å². The van der Waals surface area contributed by atoms with Gasteiger partial charge in [0, 0.05) is 13.7 Å². The van der Waals surface area contributed by atoms with E-state index < -0.39 is 0 Å². The summed E-state index contributed by atoms with van der Waals surface area (Å²) in [4.78, 5) is 11.9. The van der Waals surface area contributed by atoms with Crippen molar-refractivity contribution in [1.82, 2.24) is 15.0 Å². The van der Waals surface area contributed by atoms with Gasteiger partial charge in [-0.1, -0.05) is 6.92 Å². The number of nitrogens with one attached hydrogen (secondary N) is 1. The molecule has 0 aliphatic heterocycles. The Morgan fingerprint density at radius 2 is 2.12 bits per heavy atom. The summed E-state index contributed by atoms with van der Waals surface area (Å²) in [7, 11) is 1.67. The van der Waals surface area contributed by atoms with Crippen LogP contribution in [-0.2, 0) is 4.74 Å². The molecule has 7 heteroatoms. The largest absolute Gasteiger partial charge is 0.464 e. The first-order valence-corrected chi connectivity index (χ1v) is 5.80. The molecular formula is C10H17ClN4O2. The third-order valence-corrected chi connectivity index (χ3v) is 2.09. The number of methoxy groups -OCH3 is 1. The molecule has 0 amide bonds. The molecule has 0 radical (unpaired) electrons. The van der Waals surface area contributed by atoms with Crippen molar-refractivity contribution in [3.8, 4) is 6.01 Å². The van der Waals surface area contributed by atoms with E-state index in [0.717, 1.165) is 0 Å². The number of nitrogens with zero attached hydrogens (tertiary/aromatic N) is 3. The van der Waals surface area contributed by atoms with Gasteiger partial charge in [-0.25, -0.2) is 0 Å². The van der Waals surface area contributed by atoms with Gasteiger partial charge in [-0.3, -0.25) is 0 Å². The van der Waals surface area contributed by atoms with E-state index in [1.165, 1.54) is 0 Å². The molecule has 1 atom stereocenters. The maximum atomic E-state index is 5.76. The van der Waals surface area contributed by atoms with E-state index in [4.69, 9.17) is 21.1 Å². The third kappa shape index (κ3) is 5.14. The number of hydrogen-bond acceptors (Lipinski definition) is 6. The van der Waals surface area contributed by atoms with Gasteiger partial charge < -0.3 is 14.8 Å². The van der Waals surface area contributed by atoms with Gasteiger partial charge in [-0.05, 0) is 24.4 Å². The molecular weight excluding hydrogens is 244 g/mol. The van der Waals surface area contributed by atoms with Crippen LogP contribution in [0.2, 0.25) is 5.28 Å². The van der Waals surface area contributed by atoms with Crippen molar-refractivity contribution in [2.75, 3.05) is 32.2 Å². The number of aromatic nitrogens is 3. The van der Waals surface area contributed by atoms with Gasteiger partial charge in [0.2, 0.25) is 11.2 Å². The smallest absolute Gasteiger partial charge is 0.322 e. The lowest BCUT2D eigenvalue weighted by atomic mass is 10.2. The van der Waals surface area contributed by atoms with Crippen LogP contribution in [-0.4, -0.2) is 41.8 Å². The fourth-order valence-corrected chi connectivity index (χ4v) is 1.37. The van der Waals surface area contributed by atoms with E-state index in [-0.39, 0.29) is 11.3 Å². The highest BCUT2D eigenvalue weighted by Crippen LogP contribution is 2.11. The molecule has 1 aromatic heterocycles. The first kappa shape index (κ1) is 13.9. The first-order valence-electron chi connectivity index (χ1n) is 5.42. The van der Waals surface area contributed by atoms with Crippen molar-refractivity contribution in [2.45, 2.75) is 13.8 Å². The minimum atomic E-state index is 0.116. The normalized spacial score (nSPS) is 12.2. The average Bonchev–Trinajstić information content (AvgIpc) is 2.26. The number of hydrogen-bond donors (Lipinski definition) is 1. The summed E-state index contributed by atoms with van der Waals surface area (Å²) in [5.74, 6) is 0.766. The predicted octanol–water partition coefficient (Wildman–Crippen LogP) is 1.62. The van der Waals surface area contributed by atoms with Gasteiger partial charge in [-0.2, -0.15) is 15.0 Å². The lowest BCUT2D eigenvalue weighted by Crippen LogP contribution is -2.17. The van der Waals surface area contributed by atoms with Crippen molar-refractivity contribution in [3.05, 3.63) is 5.28 Å². The number of rotatable bonds is 7. The molecule has 1 aromatic rings. The van der Waals surface area contributed by atoms with Crippen molar-refractivity contribution >= 4 is 17.5 Å². The molecule has 0 saturated carbocycles. The van der Waals surface area contributed by atoms with Crippen LogP contribution in [0.4, 0.5) is 5.95 Å². The minimum absolute atomic E-state index is 0.116. The molecule has 0 fully saturated rings. The highest BCUT2D eigenvalue weighted by atomic mass is 35.5. The molecule has 1 unspecified atom stereocenters. The van der Waals surface area contributed by atoms with Crippen molar-refractivity contribution in [3.63, 3.8) is 0 Å². The summed E-state index contributed by atoms with van der Waals surface area (Å²) in [5, 5.41) is 3.18. The van der Waals surface area contributed by atoms with Gasteiger partial charge in [0.1, 0.15) is 0 Å². The Labute approximate surface area is 106 Å². The first-order chi connectivity index (χ1) is 8.15. The van der Waals surface area contributed by atoms with Crippen molar-refractivity contribution in [2.24, 2.45) is 5.92 Å². The van der Waals surface area contributed by atoms with Crippen LogP contribution in [0.1, 0.15) is 13.8 Å². The van der Waals surface area contributed by atoms with Crippen LogP contribution in [0.3, 0.4) is 0 Å². The molecule has 0 aliphatic carbocycles. The Balaban J connectivity index is 2.57. The van der Waals surface area contributed by atoms with Crippen molar-refractivity contribution in [1.29, 1.82) is 0 Å². The van der Waals surface area contributed by atoms with E-state index in [1.807, 2.05) is 6.92 Å². The molecule has 1 N–H and O–H groups in total. The topological polar surface area (TPSA) is 69.2 Å². The lowest BCUT2D eigenvalue weighted by Gasteiger charge is -2.11. The average molecular weight is 261 g/mol. The zero-order valence-electron chi connectivity index (χ0n) is 10.2. The highest BCUT2D eigenvalue weighted by Gasteiger charge is 2.07. The van der Waals surface area contributed by atoms with Crippen LogP contribution in [0, 0.1) is 5.92 Å². The summed E-state index contributed by atoms with van der Waals surface area (Å²) >= 11 is 5.76. The van der Waals surface area contributed by atoms with Gasteiger partial charge in [0.25, 0.3) is 0 Å². The zero-order chi connectivity index (χ0) is 12.7. The van der Waals surface area contributed by atoms with Gasteiger partial charge in [-0.15, -0.1) is 0 Å². The second-order valence-electron chi connectivity index (χ2n) is 3.59. The molecule has 17 heavy (non-hydrogen) atoms. The number of halogens is 1. The summed E-state index contributed by atoms with van der Waals surface area (Å²) < 4.78 is 10.2. The van der Waals surface area contributed by atoms with E-state index in [2.05, 4.69) is 27.2 Å². The molecule has 0 saturated heterocycles. The third-order valence-electron chi connectivity index (χ3n) is 1.92. The lowest BCUT2D eigenvalue weighted by molar-refractivity contribution is 0.164. The molecule has 6 nitrogen and oxygen atoms in total. The van der Waals surface area contributed by atoms with Crippen LogP contribution in [0.15, 0.2) is 0 Å². The standard InChI is InChI=1S/C10H17ClN4O2/c1-4-17-10-14-8(11)13-9(15-10)12-5-7(2)6-16-3/h7H,4-6H2,1-3H3,(H,12,13,14,15). The summed E-state index contributed by atoms with van der Waals surface area (Å²) in [6, 6.07) is 0.231. The SMILES string of the molecule is CCOc1nc(Cl)nc(NCC(C)COC)n1. The summed E-state index contributed by atoms with van der Waals surface area (Å²) in [6.45, 7) is 5.76. The van der Waals surface area contributed by atoms with Crippen molar-refractivity contribution < 1.29 is 9.47 Å². The molecule has 0 spiro atoms. The fraction of sp³-hybridized carbons (Fsp3) is 0.700. The molecule has 0 bridgehead atoms. The van der Waals surface area contributed by atoms with E-state index in [9.17, 15) is 0 Å². The zero-order valence-corrected chi connectivity index (χ0v) is 11.0. The second-order valence-corrected chi connectivity index (χ2v) is 3.92. The maximum Gasteiger partial charge on any atom is 0.322 e. The highest BCUT2D eigenvalue weighted by molar-refractivity contribution is 6.28. The van der Waals surface area contributed by atoms with Gasteiger partial charge in [0.05, 0.1) is 13.2 Å². The van der Waals surface area contributed by atoms with Crippen LogP contribution in [0.25, 0.3) is 0 Å². The Morgan fingerprint density at radius 3 is 2.76 bits per heavy atom. The maximum absolute atomic E-state index is 5.76. The molecule has 0 aliphatic rings. The summed E-state index contributed by atoms with van der Waals surface area (Å²) in [5.41, 5.74) is 0. The quantitative estimate of drug-likeness (QED) is 0.803. The summed E-state index contributed by atoms with van der Waals surface area (Å²) in [6.07, 6.45) is 0. The van der Waals surface area contributed by atoms with Gasteiger partial charge >= 0.3 is 6.01 Å². The van der Waals surface area contributed by atoms with E-state index in [1.54, 1.807) is 7.11 Å². The van der Waals surface area contributed by atoms with E-state index in [0.29, 0.717) is 31.6 Å². The Morgan fingerprint density at radius 1 is 1.35 bits per heavy atom. The van der Waals surface area contributed by atoms with Crippen LogP contribution in [0.5, 0.6) is 6.01 Å². The second kappa shape index (κ2) is 7.24. The monoisotopic (exact) mass is 260 g/mol.